The topological polar surface area (TPSA) is 85.9 Å². The maximum absolute atomic E-state index is 12.1. The maximum Gasteiger partial charge on any atom is 0.251 e. The van der Waals surface area contributed by atoms with Crippen LogP contribution in [0.15, 0.2) is 42.5 Å². The summed E-state index contributed by atoms with van der Waals surface area (Å²) in [4.78, 5) is 24.0. The Bertz CT molecular complexity index is 721. The van der Waals surface area contributed by atoms with Crippen molar-refractivity contribution in [1.29, 1.82) is 0 Å². The summed E-state index contributed by atoms with van der Waals surface area (Å²) in [6.45, 7) is -0.162. The Morgan fingerprint density at radius 3 is 2.04 bits per heavy atom. The molecule has 0 saturated heterocycles. The summed E-state index contributed by atoms with van der Waals surface area (Å²) in [6.07, 6.45) is 0. The summed E-state index contributed by atoms with van der Waals surface area (Å²) >= 11 is 0. The van der Waals surface area contributed by atoms with Gasteiger partial charge >= 0.3 is 0 Å². The first kappa shape index (κ1) is 18.1. The van der Waals surface area contributed by atoms with E-state index in [1.807, 2.05) is 6.07 Å². The van der Waals surface area contributed by atoms with Crippen molar-refractivity contribution < 1.29 is 23.8 Å². The van der Waals surface area contributed by atoms with Crippen LogP contribution < -0.4 is 24.8 Å². The highest BCUT2D eigenvalue weighted by Crippen LogP contribution is 2.39. The van der Waals surface area contributed by atoms with E-state index < -0.39 is 0 Å². The van der Waals surface area contributed by atoms with Gasteiger partial charge < -0.3 is 24.8 Å². The van der Waals surface area contributed by atoms with Crippen molar-refractivity contribution in [3.63, 3.8) is 0 Å². The van der Waals surface area contributed by atoms with Crippen LogP contribution in [-0.2, 0) is 4.79 Å². The monoisotopic (exact) mass is 344 g/mol. The van der Waals surface area contributed by atoms with Gasteiger partial charge in [0.2, 0.25) is 11.7 Å². The van der Waals surface area contributed by atoms with Crippen LogP contribution in [-0.4, -0.2) is 39.7 Å². The second-order valence-corrected chi connectivity index (χ2v) is 5.01. The number of methoxy groups -OCH3 is 3. The van der Waals surface area contributed by atoms with Crippen LogP contribution in [0.3, 0.4) is 0 Å². The van der Waals surface area contributed by atoms with Crippen molar-refractivity contribution in [1.82, 2.24) is 5.32 Å². The number of anilines is 1. The standard InChI is InChI=1S/C18H20N2O5/c1-23-14-9-13(10-15(24-2)17(14)25-3)20-16(21)11-19-18(22)12-7-5-4-6-8-12/h4-10H,11H2,1-3H3,(H,19,22)(H,20,21). The van der Waals surface area contributed by atoms with Gasteiger partial charge in [-0.2, -0.15) is 0 Å². The van der Waals surface area contributed by atoms with Crippen LogP contribution in [0, 0.1) is 0 Å². The van der Waals surface area contributed by atoms with Crippen molar-refractivity contribution >= 4 is 17.5 Å². The van der Waals surface area contributed by atoms with Gasteiger partial charge in [0.05, 0.1) is 27.9 Å². The van der Waals surface area contributed by atoms with Crippen molar-refractivity contribution in [2.24, 2.45) is 0 Å². The Morgan fingerprint density at radius 1 is 0.920 bits per heavy atom. The maximum atomic E-state index is 12.1. The van der Waals surface area contributed by atoms with Crippen molar-refractivity contribution in [3.8, 4) is 17.2 Å². The van der Waals surface area contributed by atoms with E-state index in [1.54, 1.807) is 36.4 Å². The van der Waals surface area contributed by atoms with Crippen LogP contribution in [0.25, 0.3) is 0 Å². The third-order valence-electron chi connectivity index (χ3n) is 3.39. The molecule has 0 fully saturated rings. The van der Waals surface area contributed by atoms with Gasteiger partial charge in [-0.3, -0.25) is 9.59 Å². The van der Waals surface area contributed by atoms with Crippen LogP contribution >= 0.6 is 0 Å². The molecule has 2 aromatic rings. The quantitative estimate of drug-likeness (QED) is 0.803. The van der Waals surface area contributed by atoms with Gasteiger partial charge in [0.15, 0.2) is 11.5 Å². The molecule has 2 rings (SSSR count). The molecule has 0 aliphatic heterocycles. The Balaban J connectivity index is 2.02. The van der Waals surface area contributed by atoms with E-state index >= 15 is 0 Å². The molecule has 0 unspecified atom stereocenters. The van der Waals surface area contributed by atoms with Crippen LogP contribution in [0.1, 0.15) is 10.4 Å². The second-order valence-electron chi connectivity index (χ2n) is 5.01. The molecular formula is C18H20N2O5. The van der Waals surface area contributed by atoms with E-state index in [9.17, 15) is 9.59 Å². The lowest BCUT2D eigenvalue weighted by Crippen LogP contribution is -2.32. The number of nitrogens with one attached hydrogen (secondary N) is 2. The van der Waals surface area contributed by atoms with Gasteiger partial charge in [0.1, 0.15) is 0 Å². The molecule has 0 spiro atoms. The van der Waals surface area contributed by atoms with E-state index in [1.165, 1.54) is 21.3 Å². The molecule has 7 nitrogen and oxygen atoms in total. The molecule has 25 heavy (non-hydrogen) atoms. The highest BCUT2D eigenvalue weighted by Gasteiger charge is 2.15. The highest BCUT2D eigenvalue weighted by atomic mass is 16.5. The SMILES string of the molecule is COc1cc(NC(=O)CNC(=O)c2ccccc2)cc(OC)c1OC. The van der Waals surface area contributed by atoms with Crippen LogP contribution in [0.5, 0.6) is 17.2 Å². The molecule has 132 valence electrons. The summed E-state index contributed by atoms with van der Waals surface area (Å²) < 4.78 is 15.7. The van der Waals surface area contributed by atoms with Gasteiger partial charge in [-0.05, 0) is 12.1 Å². The first-order chi connectivity index (χ1) is 12.1. The number of benzene rings is 2. The molecule has 2 aromatic carbocycles. The van der Waals surface area contributed by atoms with E-state index in [2.05, 4.69) is 10.6 Å². The number of carbonyl (C=O) groups excluding carboxylic acids is 2. The predicted molar refractivity (Wildman–Crippen MR) is 93.5 cm³/mol. The van der Waals surface area contributed by atoms with E-state index in [0.717, 1.165) is 0 Å². The number of hydrogen-bond donors (Lipinski definition) is 2. The molecule has 0 aliphatic rings. The first-order valence-corrected chi connectivity index (χ1v) is 7.52. The minimum Gasteiger partial charge on any atom is -0.493 e. The fourth-order valence-corrected chi connectivity index (χ4v) is 2.21. The van der Waals surface area contributed by atoms with E-state index in [4.69, 9.17) is 14.2 Å². The van der Waals surface area contributed by atoms with Gasteiger partial charge in [-0.15, -0.1) is 0 Å². The molecule has 0 aliphatic carbocycles. The lowest BCUT2D eigenvalue weighted by atomic mass is 10.2. The molecule has 0 saturated carbocycles. The van der Waals surface area contributed by atoms with Crippen molar-refractivity contribution in [3.05, 3.63) is 48.0 Å². The zero-order valence-electron chi connectivity index (χ0n) is 14.3. The smallest absolute Gasteiger partial charge is 0.251 e. The molecule has 2 N–H and O–H groups in total. The summed E-state index contributed by atoms with van der Waals surface area (Å²) in [5.41, 5.74) is 0.955. The summed E-state index contributed by atoms with van der Waals surface area (Å²) in [5, 5.41) is 5.24. The van der Waals surface area contributed by atoms with Crippen LogP contribution in [0.4, 0.5) is 5.69 Å². The summed E-state index contributed by atoms with van der Waals surface area (Å²) in [5.74, 6) is 0.579. The number of carbonyl (C=O) groups is 2. The minimum atomic E-state index is -0.376. The zero-order chi connectivity index (χ0) is 18.2. The normalized spacial score (nSPS) is 9.88. The Labute approximate surface area is 145 Å². The average molecular weight is 344 g/mol. The number of ether oxygens (including phenoxy) is 3. The lowest BCUT2D eigenvalue weighted by Gasteiger charge is -2.14. The number of hydrogen-bond acceptors (Lipinski definition) is 5. The van der Waals surface area contributed by atoms with E-state index in [0.29, 0.717) is 28.5 Å². The number of rotatable bonds is 7. The fourth-order valence-electron chi connectivity index (χ4n) is 2.21. The van der Waals surface area contributed by atoms with Gasteiger partial charge in [0.25, 0.3) is 5.91 Å². The largest absolute Gasteiger partial charge is 0.493 e. The minimum absolute atomic E-state index is 0.162. The third-order valence-corrected chi connectivity index (χ3v) is 3.39. The Hall–Kier alpha value is -3.22. The second kappa shape index (κ2) is 8.58. The lowest BCUT2D eigenvalue weighted by molar-refractivity contribution is -0.115. The van der Waals surface area contributed by atoms with Gasteiger partial charge in [-0.25, -0.2) is 0 Å². The molecular weight excluding hydrogens is 324 g/mol. The molecule has 0 atom stereocenters. The van der Waals surface area contributed by atoms with Crippen molar-refractivity contribution in [2.75, 3.05) is 33.2 Å². The molecule has 2 amide bonds. The summed E-state index contributed by atoms with van der Waals surface area (Å²) in [7, 11) is 4.48. The molecule has 0 heterocycles. The average Bonchev–Trinajstić information content (AvgIpc) is 2.65. The fraction of sp³-hybridized carbons (Fsp3) is 0.222. The predicted octanol–water partition coefficient (Wildman–Crippen LogP) is 2.08. The van der Waals surface area contributed by atoms with Gasteiger partial charge in [-0.1, -0.05) is 18.2 Å². The third kappa shape index (κ3) is 4.63. The van der Waals surface area contributed by atoms with E-state index in [-0.39, 0.29) is 18.4 Å². The molecule has 0 radical (unpaired) electrons. The Kier molecular flexibility index (Phi) is 6.22. The Morgan fingerprint density at radius 2 is 1.52 bits per heavy atom. The van der Waals surface area contributed by atoms with Crippen molar-refractivity contribution in [2.45, 2.75) is 0 Å². The molecule has 7 heteroatoms. The molecule has 0 aromatic heterocycles. The first-order valence-electron chi connectivity index (χ1n) is 7.52. The number of amides is 2. The highest BCUT2D eigenvalue weighted by molar-refractivity contribution is 5.99. The zero-order valence-corrected chi connectivity index (χ0v) is 14.3. The van der Waals surface area contributed by atoms with Gasteiger partial charge in [0, 0.05) is 23.4 Å². The molecule has 0 bridgehead atoms. The van der Waals surface area contributed by atoms with Crippen LogP contribution in [0.2, 0.25) is 0 Å². The summed E-state index contributed by atoms with van der Waals surface area (Å²) in [6, 6.07) is 11.9.